The third-order valence-electron chi connectivity index (χ3n) is 6.30. The number of pyridine rings is 1. The van der Waals surface area contributed by atoms with Gasteiger partial charge in [-0.15, -0.1) is 0 Å². The van der Waals surface area contributed by atoms with Gasteiger partial charge in [0.15, 0.2) is 17.6 Å². The fraction of sp³-hybridized carbons (Fsp3) is 0.280. The minimum Gasteiger partial charge on any atom is -0.477 e. The number of aryl methyl sites for hydroxylation is 1. The maximum atomic E-state index is 11.5. The number of benzene rings is 1. The third-order valence-corrected chi connectivity index (χ3v) is 6.30. The van der Waals surface area contributed by atoms with E-state index in [-0.39, 0.29) is 0 Å². The van der Waals surface area contributed by atoms with E-state index in [9.17, 15) is 4.79 Å². The Morgan fingerprint density at radius 1 is 1.17 bits per heavy atom. The SMILES string of the molecule is NC(=O)[C@H]1CN(c2ccc(Nc3nc(-c4cnc5c(c4)CCCO5)cn4ccnc34)cc2)CCO1. The van der Waals surface area contributed by atoms with Crippen LogP contribution in [-0.2, 0) is 16.0 Å². The van der Waals surface area contributed by atoms with Crippen LogP contribution in [0.25, 0.3) is 16.9 Å². The zero-order valence-corrected chi connectivity index (χ0v) is 19.1. The molecule has 0 radical (unpaired) electrons. The summed E-state index contributed by atoms with van der Waals surface area (Å²) in [5, 5.41) is 3.41. The van der Waals surface area contributed by atoms with Crippen molar-refractivity contribution in [2.24, 2.45) is 5.73 Å². The molecular formula is C25H25N7O3. The first-order valence-electron chi connectivity index (χ1n) is 11.6. The molecule has 6 rings (SSSR count). The molecule has 0 unspecified atom stereocenters. The standard InChI is InChI=1S/C25H25N7O3/c26-22(33)21-15-31(9-11-34-21)19-5-3-18(4-6-19)29-23-24-27-7-8-32(24)14-20(30-23)17-12-16-2-1-10-35-25(16)28-13-17/h3-8,12-14,21H,1-2,9-11,15H2,(H2,26,33)(H,29,30)/t21-/m1/s1. The number of primary amides is 1. The van der Waals surface area contributed by atoms with Crippen LogP contribution in [0.2, 0.25) is 0 Å². The molecule has 1 aromatic carbocycles. The van der Waals surface area contributed by atoms with Crippen LogP contribution in [-0.4, -0.2) is 57.7 Å². The fourth-order valence-corrected chi connectivity index (χ4v) is 4.48. The van der Waals surface area contributed by atoms with Gasteiger partial charge < -0.3 is 29.8 Å². The van der Waals surface area contributed by atoms with Gasteiger partial charge in [0, 0.05) is 53.8 Å². The van der Waals surface area contributed by atoms with Gasteiger partial charge in [-0.05, 0) is 43.2 Å². The van der Waals surface area contributed by atoms with E-state index < -0.39 is 12.0 Å². The summed E-state index contributed by atoms with van der Waals surface area (Å²) in [4.78, 5) is 27.5. The van der Waals surface area contributed by atoms with Crippen LogP contribution in [0.3, 0.4) is 0 Å². The summed E-state index contributed by atoms with van der Waals surface area (Å²) in [5.74, 6) is 0.920. The highest BCUT2D eigenvalue weighted by atomic mass is 16.5. The molecular weight excluding hydrogens is 446 g/mol. The Morgan fingerprint density at radius 3 is 2.91 bits per heavy atom. The minimum atomic E-state index is -0.591. The average Bonchev–Trinajstić information content (AvgIpc) is 3.38. The van der Waals surface area contributed by atoms with Gasteiger partial charge in [0.2, 0.25) is 11.8 Å². The van der Waals surface area contributed by atoms with E-state index in [1.807, 2.05) is 41.1 Å². The summed E-state index contributed by atoms with van der Waals surface area (Å²) < 4.78 is 13.1. The highest BCUT2D eigenvalue weighted by molar-refractivity contribution is 5.80. The molecule has 10 nitrogen and oxygen atoms in total. The Bertz CT molecular complexity index is 1390. The minimum absolute atomic E-state index is 0.440. The van der Waals surface area contributed by atoms with Gasteiger partial charge in [-0.3, -0.25) is 4.79 Å². The monoisotopic (exact) mass is 471 g/mol. The first-order valence-corrected chi connectivity index (χ1v) is 11.6. The van der Waals surface area contributed by atoms with E-state index in [2.05, 4.69) is 26.3 Å². The predicted octanol–water partition coefficient (Wildman–Crippen LogP) is 2.55. The highest BCUT2D eigenvalue weighted by Gasteiger charge is 2.25. The average molecular weight is 472 g/mol. The smallest absolute Gasteiger partial charge is 0.248 e. The molecule has 0 spiro atoms. The Hall–Kier alpha value is -4.18. The van der Waals surface area contributed by atoms with Crippen molar-refractivity contribution in [1.82, 2.24) is 19.4 Å². The first kappa shape index (κ1) is 21.4. The Morgan fingerprint density at radius 2 is 2.06 bits per heavy atom. The number of nitrogens with zero attached hydrogens (tertiary/aromatic N) is 5. The lowest BCUT2D eigenvalue weighted by Crippen LogP contribution is -2.48. The molecule has 10 heteroatoms. The number of hydrogen-bond acceptors (Lipinski definition) is 8. The number of nitrogens with two attached hydrogens (primary N) is 1. The van der Waals surface area contributed by atoms with Crippen LogP contribution in [0.4, 0.5) is 17.2 Å². The third kappa shape index (κ3) is 4.24. The number of anilines is 3. The van der Waals surface area contributed by atoms with Crippen molar-refractivity contribution in [3.05, 3.63) is 60.7 Å². The van der Waals surface area contributed by atoms with Crippen molar-refractivity contribution in [2.75, 3.05) is 36.5 Å². The van der Waals surface area contributed by atoms with Gasteiger partial charge in [-0.1, -0.05) is 0 Å². The summed E-state index contributed by atoms with van der Waals surface area (Å²) in [6.07, 6.45) is 8.75. The maximum absolute atomic E-state index is 11.5. The topological polar surface area (TPSA) is 120 Å². The lowest BCUT2D eigenvalue weighted by molar-refractivity contribution is -0.130. The number of amides is 1. The maximum Gasteiger partial charge on any atom is 0.248 e. The van der Waals surface area contributed by atoms with Gasteiger partial charge in [-0.25, -0.2) is 15.0 Å². The molecule has 2 aliphatic rings. The van der Waals surface area contributed by atoms with Crippen molar-refractivity contribution in [2.45, 2.75) is 18.9 Å². The van der Waals surface area contributed by atoms with Crippen molar-refractivity contribution in [1.29, 1.82) is 0 Å². The molecule has 3 N–H and O–H groups in total. The van der Waals surface area contributed by atoms with Gasteiger partial charge in [0.05, 0.1) is 25.5 Å². The molecule has 0 saturated carbocycles. The quantitative estimate of drug-likeness (QED) is 0.456. The fourth-order valence-electron chi connectivity index (χ4n) is 4.48. The summed E-state index contributed by atoms with van der Waals surface area (Å²) in [6.45, 7) is 2.32. The number of carbonyl (C=O) groups is 1. The number of ether oxygens (including phenoxy) is 2. The largest absolute Gasteiger partial charge is 0.477 e. The van der Waals surface area contributed by atoms with E-state index in [1.165, 1.54) is 0 Å². The Labute approximate surface area is 201 Å². The number of carbonyl (C=O) groups excluding carboxylic acids is 1. The van der Waals surface area contributed by atoms with Crippen molar-refractivity contribution >= 4 is 28.7 Å². The number of hydrogen-bond donors (Lipinski definition) is 2. The van der Waals surface area contributed by atoms with E-state index >= 15 is 0 Å². The summed E-state index contributed by atoms with van der Waals surface area (Å²) in [6, 6.07) is 10.1. The van der Waals surface area contributed by atoms with Gasteiger partial charge in [0.1, 0.15) is 0 Å². The molecule has 3 aromatic heterocycles. The van der Waals surface area contributed by atoms with E-state index in [1.54, 1.807) is 12.4 Å². The summed E-state index contributed by atoms with van der Waals surface area (Å²) >= 11 is 0. The molecule has 0 bridgehead atoms. The molecule has 5 heterocycles. The second-order valence-electron chi connectivity index (χ2n) is 8.65. The van der Waals surface area contributed by atoms with Crippen LogP contribution in [0.15, 0.2) is 55.1 Å². The number of imidazole rings is 1. The molecule has 1 fully saturated rings. The Balaban J connectivity index is 1.27. The Kier molecular flexibility index (Phi) is 5.42. The van der Waals surface area contributed by atoms with E-state index in [0.29, 0.717) is 38.0 Å². The van der Waals surface area contributed by atoms with Crippen LogP contribution in [0.5, 0.6) is 5.88 Å². The second kappa shape index (κ2) is 8.88. The summed E-state index contributed by atoms with van der Waals surface area (Å²) in [5.41, 5.74) is 10.8. The van der Waals surface area contributed by atoms with Crippen molar-refractivity contribution in [3.63, 3.8) is 0 Å². The van der Waals surface area contributed by atoms with Gasteiger partial charge in [0.25, 0.3) is 0 Å². The second-order valence-corrected chi connectivity index (χ2v) is 8.65. The van der Waals surface area contributed by atoms with Crippen LogP contribution < -0.4 is 20.7 Å². The van der Waals surface area contributed by atoms with Gasteiger partial charge in [-0.2, -0.15) is 0 Å². The summed E-state index contributed by atoms with van der Waals surface area (Å²) in [7, 11) is 0. The number of morpholine rings is 1. The molecule has 2 aliphatic heterocycles. The number of rotatable bonds is 5. The number of nitrogens with one attached hydrogen (secondary N) is 1. The lowest BCUT2D eigenvalue weighted by Gasteiger charge is -2.33. The molecule has 35 heavy (non-hydrogen) atoms. The molecule has 0 aliphatic carbocycles. The predicted molar refractivity (Wildman–Crippen MR) is 131 cm³/mol. The molecule has 1 amide bonds. The van der Waals surface area contributed by atoms with Crippen LogP contribution in [0, 0.1) is 0 Å². The zero-order valence-electron chi connectivity index (χ0n) is 19.1. The molecule has 1 saturated heterocycles. The van der Waals surface area contributed by atoms with E-state index in [0.717, 1.165) is 46.7 Å². The molecule has 178 valence electrons. The zero-order chi connectivity index (χ0) is 23.8. The van der Waals surface area contributed by atoms with E-state index in [4.69, 9.17) is 20.2 Å². The normalized spacial score (nSPS) is 17.6. The van der Waals surface area contributed by atoms with Crippen molar-refractivity contribution < 1.29 is 14.3 Å². The number of aromatic nitrogens is 4. The van der Waals surface area contributed by atoms with Crippen LogP contribution in [0.1, 0.15) is 12.0 Å². The highest BCUT2D eigenvalue weighted by Crippen LogP contribution is 2.29. The van der Waals surface area contributed by atoms with Gasteiger partial charge >= 0.3 is 0 Å². The molecule has 4 aromatic rings. The van der Waals surface area contributed by atoms with Crippen molar-refractivity contribution in [3.8, 4) is 17.1 Å². The molecule has 1 atom stereocenters. The number of fused-ring (bicyclic) bond motifs is 2. The first-order chi connectivity index (χ1) is 17.1. The lowest BCUT2D eigenvalue weighted by atomic mass is 10.1. The van der Waals surface area contributed by atoms with Crippen LogP contribution >= 0.6 is 0 Å².